The molecule has 1 aliphatic rings. The van der Waals surface area contributed by atoms with Gasteiger partial charge in [-0.25, -0.2) is 0 Å². The van der Waals surface area contributed by atoms with Crippen LogP contribution in [0, 0.1) is 0 Å². The van der Waals surface area contributed by atoms with Crippen molar-refractivity contribution in [3.63, 3.8) is 0 Å². The van der Waals surface area contributed by atoms with Crippen LogP contribution >= 0.6 is 11.8 Å². The van der Waals surface area contributed by atoms with Gasteiger partial charge in [0.1, 0.15) is 5.78 Å². The number of Topliss-reactive ketones (excluding diaryl/α,β-unsaturated/α-hetero) is 1. The van der Waals surface area contributed by atoms with E-state index in [0.717, 1.165) is 55.4 Å². The predicted octanol–water partition coefficient (Wildman–Crippen LogP) is 4.42. The predicted molar refractivity (Wildman–Crippen MR) is 108 cm³/mol. The van der Waals surface area contributed by atoms with Gasteiger partial charge in [0.15, 0.2) is 11.0 Å². The van der Waals surface area contributed by atoms with Gasteiger partial charge < -0.3 is 9.47 Å². The van der Waals surface area contributed by atoms with Crippen molar-refractivity contribution in [2.24, 2.45) is 0 Å². The van der Waals surface area contributed by atoms with Gasteiger partial charge >= 0.3 is 0 Å². The lowest BCUT2D eigenvalue weighted by Gasteiger charge is -2.21. The molecule has 6 heteroatoms. The highest BCUT2D eigenvalue weighted by Crippen LogP contribution is 2.33. The Balaban J connectivity index is 1.82. The van der Waals surface area contributed by atoms with Crippen LogP contribution in [0.15, 0.2) is 29.4 Å². The fourth-order valence-electron chi connectivity index (χ4n) is 3.49. The third kappa shape index (κ3) is 3.95. The summed E-state index contributed by atoms with van der Waals surface area (Å²) in [5, 5.41) is 9.72. The molecule has 0 aliphatic heterocycles. The number of carbonyl (C=O) groups is 1. The average molecular weight is 373 g/mol. The summed E-state index contributed by atoms with van der Waals surface area (Å²) in [6.07, 6.45) is 3.81. The molecule has 0 radical (unpaired) electrons. The maximum atomic E-state index is 12.2. The van der Waals surface area contributed by atoms with Crippen molar-refractivity contribution in [2.45, 2.75) is 63.4 Å². The molecule has 0 saturated heterocycles. The van der Waals surface area contributed by atoms with Crippen LogP contribution in [0.2, 0.25) is 0 Å². The molecular weight excluding hydrogens is 344 g/mol. The summed E-state index contributed by atoms with van der Waals surface area (Å²) >= 11 is 1.59. The molecule has 1 fully saturated rings. The van der Waals surface area contributed by atoms with Crippen molar-refractivity contribution >= 4 is 23.2 Å². The van der Waals surface area contributed by atoms with Gasteiger partial charge in [-0.15, -0.1) is 10.2 Å². The van der Waals surface area contributed by atoms with Crippen LogP contribution in [-0.2, 0) is 11.3 Å². The molecule has 1 saturated carbocycles. The molecule has 1 atom stereocenters. The summed E-state index contributed by atoms with van der Waals surface area (Å²) in [4.78, 5) is 14.5. The van der Waals surface area contributed by atoms with Crippen molar-refractivity contribution in [1.29, 1.82) is 0 Å². The van der Waals surface area contributed by atoms with Gasteiger partial charge in [-0.3, -0.25) is 4.79 Å². The average Bonchev–Trinajstić information content (AvgIpc) is 3.08. The maximum Gasteiger partial charge on any atom is 0.192 e. The summed E-state index contributed by atoms with van der Waals surface area (Å²) in [6.45, 7) is 9.23. The number of carbonyl (C=O) groups excluding carboxylic acids is 1. The smallest absolute Gasteiger partial charge is 0.192 e. The van der Waals surface area contributed by atoms with Crippen LogP contribution in [0.3, 0.4) is 0 Å². The molecular formula is C20H28N4OS. The minimum Gasteiger partial charge on any atom is -0.372 e. The van der Waals surface area contributed by atoms with Gasteiger partial charge in [-0.05, 0) is 57.9 Å². The van der Waals surface area contributed by atoms with Crippen molar-refractivity contribution in [3.8, 4) is 11.4 Å². The van der Waals surface area contributed by atoms with Crippen molar-refractivity contribution in [3.05, 3.63) is 24.3 Å². The molecule has 0 bridgehead atoms. The molecule has 1 aromatic heterocycles. The van der Waals surface area contributed by atoms with Gasteiger partial charge in [0, 0.05) is 37.3 Å². The lowest BCUT2D eigenvalue weighted by Crippen LogP contribution is -2.22. The zero-order chi connectivity index (χ0) is 18.5. The standard InChI is InChI=1S/C20H28N4OS/c1-4-23(5-2)16-13-11-15(12-14-16)19-21-22-20(24(19)6-3)26-18-10-8-7-9-17(18)25/h11-14,18H,4-10H2,1-3H3. The minimum absolute atomic E-state index is 0.0381. The highest BCUT2D eigenvalue weighted by atomic mass is 32.2. The van der Waals surface area contributed by atoms with Gasteiger partial charge in [-0.2, -0.15) is 0 Å². The van der Waals surface area contributed by atoms with Crippen LogP contribution in [0.1, 0.15) is 46.5 Å². The first kappa shape index (κ1) is 19.0. The first-order valence-electron chi connectivity index (χ1n) is 9.65. The van der Waals surface area contributed by atoms with E-state index in [-0.39, 0.29) is 5.25 Å². The first-order chi connectivity index (χ1) is 12.7. The number of hydrogen-bond donors (Lipinski definition) is 0. The summed E-state index contributed by atoms with van der Waals surface area (Å²) in [7, 11) is 0. The quantitative estimate of drug-likeness (QED) is 0.720. The zero-order valence-corrected chi connectivity index (χ0v) is 16.8. The Hall–Kier alpha value is -1.82. The molecule has 0 N–H and O–H groups in total. The van der Waals surface area contributed by atoms with Crippen LogP contribution in [0.25, 0.3) is 11.4 Å². The Labute approximate surface area is 160 Å². The Morgan fingerprint density at radius 1 is 1.12 bits per heavy atom. The normalized spacial score (nSPS) is 17.5. The summed E-state index contributed by atoms with van der Waals surface area (Å²) < 4.78 is 2.12. The van der Waals surface area contributed by atoms with E-state index in [1.165, 1.54) is 5.69 Å². The number of benzene rings is 1. The monoisotopic (exact) mass is 372 g/mol. The minimum atomic E-state index is 0.0381. The Morgan fingerprint density at radius 3 is 2.46 bits per heavy atom. The van der Waals surface area contributed by atoms with Crippen molar-refractivity contribution < 1.29 is 4.79 Å². The number of rotatable bonds is 7. The summed E-state index contributed by atoms with van der Waals surface area (Å²) in [6, 6.07) is 8.52. The Bertz CT molecular complexity index is 737. The molecule has 0 amide bonds. The lowest BCUT2D eigenvalue weighted by atomic mass is 9.99. The number of ketones is 1. The topological polar surface area (TPSA) is 51.0 Å². The number of hydrogen-bond acceptors (Lipinski definition) is 5. The summed E-state index contributed by atoms with van der Waals surface area (Å²) in [5.41, 5.74) is 2.29. The first-order valence-corrected chi connectivity index (χ1v) is 10.5. The van der Waals surface area contributed by atoms with E-state index in [1.807, 2.05) is 0 Å². The molecule has 1 heterocycles. The van der Waals surface area contributed by atoms with Crippen molar-refractivity contribution in [1.82, 2.24) is 14.8 Å². The third-order valence-electron chi connectivity index (χ3n) is 5.03. The highest BCUT2D eigenvalue weighted by Gasteiger charge is 2.26. The van der Waals surface area contributed by atoms with E-state index in [1.54, 1.807) is 11.8 Å². The van der Waals surface area contributed by atoms with E-state index in [0.29, 0.717) is 12.2 Å². The molecule has 26 heavy (non-hydrogen) atoms. The SMILES string of the molecule is CCN(CC)c1ccc(-c2nnc(SC3CCCCC3=O)n2CC)cc1. The Morgan fingerprint density at radius 2 is 1.85 bits per heavy atom. The zero-order valence-electron chi connectivity index (χ0n) is 15.9. The number of anilines is 1. The fraction of sp³-hybridized carbons (Fsp3) is 0.550. The van der Waals surface area contributed by atoms with Crippen LogP contribution in [0.4, 0.5) is 5.69 Å². The van der Waals surface area contributed by atoms with Crippen LogP contribution in [-0.4, -0.2) is 38.9 Å². The van der Waals surface area contributed by atoms with Crippen molar-refractivity contribution in [2.75, 3.05) is 18.0 Å². The van der Waals surface area contributed by atoms with Gasteiger partial charge in [-0.1, -0.05) is 18.2 Å². The molecule has 3 rings (SSSR count). The largest absolute Gasteiger partial charge is 0.372 e. The van der Waals surface area contributed by atoms with Gasteiger partial charge in [0.05, 0.1) is 5.25 Å². The third-order valence-corrected chi connectivity index (χ3v) is 6.33. The van der Waals surface area contributed by atoms with E-state index < -0.39 is 0 Å². The molecule has 140 valence electrons. The second-order valence-electron chi connectivity index (χ2n) is 6.59. The van der Waals surface area contributed by atoms with Gasteiger partial charge in [0.2, 0.25) is 0 Å². The maximum absolute atomic E-state index is 12.2. The molecule has 1 aliphatic carbocycles. The second kappa shape index (κ2) is 8.71. The summed E-state index contributed by atoms with van der Waals surface area (Å²) in [5.74, 6) is 1.24. The second-order valence-corrected chi connectivity index (χ2v) is 7.76. The molecule has 5 nitrogen and oxygen atoms in total. The molecule has 2 aromatic rings. The lowest BCUT2D eigenvalue weighted by molar-refractivity contribution is -0.119. The van der Waals surface area contributed by atoms with Gasteiger partial charge in [0.25, 0.3) is 0 Å². The number of thioether (sulfide) groups is 1. The number of aromatic nitrogens is 3. The fourth-order valence-corrected chi connectivity index (χ4v) is 4.71. The highest BCUT2D eigenvalue weighted by molar-refractivity contribution is 8.00. The molecule has 0 spiro atoms. The van der Waals surface area contributed by atoms with E-state index in [2.05, 4.69) is 64.7 Å². The van der Waals surface area contributed by atoms with E-state index >= 15 is 0 Å². The van der Waals surface area contributed by atoms with Crippen LogP contribution in [0.5, 0.6) is 0 Å². The van der Waals surface area contributed by atoms with E-state index in [9.17, 15) is 4.79 Å². The Kier molecular flexibility index (Phi) is 6.35. The molecule has 1 aromatic carbocycles. The van der Waals surface area contributed by atoms with E-state index in [4.69, 9.17) is 0 Å². The van der Waals surface area contributed by atoms with Crippen LogP contribution < -0.4 is 4.90 Å². The number of nitrogens with zero attached hydrogens (tertiary/aromatic N) is 4. The molecule has 1 unspecified atom stereocenters.